The van der Waals surface area contributed by atoms with Crippen molar-refractivity contribution in [3.8, 4) is 0 Å². The SMILES string of the molecule is CSC1OC(Cl)(CCC(N)=O)C(O)C(O)C1O. The number of halogens is 1. The molecule has 1 aliphatic heterocycles. The number of nitrogens with two attached hydrogens (primary N) is 1. The summed E-state index contributed by atoms with van der Waals surface area (Å²) in [4.78, 5) is 10.7. The zero-order valence-corrected chi connectivity index (χ0v) is 10.8. The number of rotatable bonds is 4. The first kappa shape index (κ1) is 15.0. The third kappa shape index (κ3) is 3.24. The summed E-state index contributed by atoms with van der Waals surface area (Å²) in [5.74, 6) is -0.581. The van der Waals surface area contributed by atoms with Crippen molar-refractivity contribution in [3.05, 3.63) is 0 Å². The van der Waals surface area contributed by atoms with Crippen molar-refractivity contribution in [1.29, 1.82) is 0 Å². The Labute approximate surface area is 108 Å². The molecule has 0 saturated carbocycles. The van der Waals surface area contributed by atoms with Gasteiger partial charge in [0.15, 0.2) is 5.06 Å². The summed E-state index contributed by atoms with van der Waals surface area (Å²) in [6.45, 7) is 0. The van der Waals surface area contributed by atoms with Crippen LogP contribution in [0.5, 0.6) is 0 Å². The van der Waals surface area contributed by atoms with Gasteiger partial charge in [-0.25, -0.2) is 0 Å². The van der Waals surface area contributed by atoms with Crippen molar-refractivity contribution in [3.63, 3.8) is 0 Å². The summed E-state index contributed by atoms with van der Waals surface area (Å²) >= 11 is 7.19. The van der Waals surface area contributed by atoms with Crippen molar-refractivity contribution >= 4 is 29.3 Å². The standard InChI is InChI=1S/C9H16ClNO5S/c1-17-8-6(14)5(13)7(15)9(10,16-8)3-2-4(11)12/h5-8,13-15H,2-3H2,1H3,(H2,11,12). The molecule has 1 heterocycles. The first-order valence-corrected chi connectivity index (χ1v) is 6.70. The van der Waals surface area contributed by atoms with Crippen LogP contribution in [0, 0.1) is 0 Å². The van der Waals surface area contributed by atoms with Gasteiger partial charge in [0.2, 0.25) is 5.91 Å². The number of aliphatic hydroxyl groups is 3. The molecule has 5 unspecified atom stereocenters. The van der Waals surface area contributed by atoms with Crippen LogP contribution in [0.4, 0.5) is 0 Å². The van der Waals surface area contributed by atoms with E-state index in [1.165, 1.54) is 0 Å². The predicted octanol–water partition coefficient (Wildman–Crippen LogP) is -1.01. The lowest BCUT2D eigenvalue weighted by atomic mass is 9.96. The van der Waals surface area contributed by atoms with Crippen LogP contribution in [0.15, 0.2) is 0 Å². The van der Waals surface area contributed by atoms with Gasteiger partial charge in [-0.05, 0) is 6.26 Å². The second-order valence-corrected chi connectivity index (χ2v) is 5.48. The van der Waals surface area contributed by atoms with E-state index in [0.717, 1.165) is 11.8 Å². The number of amides is 1. The minimum atomic E-state index is -1.61. The van der Waals surface area contributed by atoms with Crippen molar-refractivity contribution in [2.24, 2.45) is 5.73 Å². The normalized spacial score (nSPS) is 42.4. The molecule has 5 atom stereocenters. The monoisotopic (exact) mass is 285 g/mol. The van der Waals surface area contributed by atoms with E-state index in [2.05, 4.69) is 0 Å². The van der Waals surface area contributed by atoms with Crippen LogP contribution in [0.3, 0.4) is 0 Å². The third-order valence-electron chi connectivity index (χ3n) is 2.65. The first-order valence-electron chi connectivity index (χ1n) is 5.04. The fourth-order valence-corrected chi connectivity index (χ4v) is 2.70. The number of carbonyl (C=O) groups excluding carboxylic acids is 1. The summed E-state index contributed by atoms with van der Waals surface area (Å²) in [5, 5.41) is 27.4. The molecule has 0 radical (unpaired) electrons. The van der Waals surface area contributed by atoms with Crippen LogP contribution in [0.1, 0.15) is 12.8 Å². The summed E-state index contributed by atoms with van der Waals surface area (Å²) in [7, 11) is 0. The van der Waals surface area contributed by atoms with Crippen LogP contribution in [-0.2, 0) is 9.53 Å². The van der Waals surface area contributed by atoms with Crippen molar-refractivity contribution < 1.29 is 24.9 Å². The molecule has 6 nitrogen and oxygen atoms in total. The highest BCUT2D eigenvalue weighted by atomic mass is 35.5. The number of primary amides is 1. The molecule has 1 amide bonds. The summed E-state index contributed by atoms with van der Waals surface area (Å²) in [6, 6.07) is 0. The molecule has 1 saturated heterocycles. The molecule has 1 aliphatic rings. The summed E-state index contributed by atoms with van der Waals surface area (Å²) in [6.07, 6.45) is -2.59. The van der Waals surface area contributed by atoms with Crippen molar-refractivity contribution in [2.45, 2.75) is 41.6 Å². The molecule has 0 spiro atoms. The highest BCUT2D eigenvalue weighted by molar-refractivity contribution is 7.99. The van der Waals surface area contributed by atoms with Gasteiger partial charge in [-0.2, -0.15) is 0 Å². The Morgan fingerprint density at radius 1 is 1.47 bits per heavy atom. The molecule has 1 rings (SSSR count). The number of hydrogen-bond donors (Lipinski definition) is 4. The number of hydrogen-bond acceptors (Lipinski definition) is 6. The summed E-state index contributed by atoms with van der Waals surface area (Å²) < 4.78 is 5.33. The number of carbonyl (C=O) groups is 1. The quantitative estimate of drug-likeness (QED) is 0.492. The predicted molar refractivity (Wildman–Crippen MR) is 63.4 cm³/mol. The van der Waals surface area contributed by atoms with Gasteiger partial charge < -0.3 is 25.8 Å². The van der Waals surface area contributed by atoms with E-state index in [1.807, 2.05) is 0 Å². The lowest BCUT2D eigenvalue weighted by Crippen LogP contribution is -2.61. The van der Waals surface area contributed by atoms with Gasteiger partial charge in [-0.15, -0.1) is 11.8 Å². The van der Waals surface area contributed by atoms with E-state index in [9.17, 15) is 20.1 Å². The van der Waals surface area contributed by atoms with E-state index in [1.54, 1.807) is 6.26 Å². The van der Waals surface area contributed by atoms with E-state index < -0.39 is 34.7 Å². The Kier molecular flexibility index (Phi) is 5.06. The largest absolute Gasteiger partial charge is 0.387 e. The smallest absolute Gasteiger partial charge is 0.217 e. The number of ether oxygens (including phenoxy) is 1. The van der Waals surface area contributed by atoms with Gasteiger partial charge in [-0.1, -0.05) is 11.6 Å². The number of aliphatic hydroxyl groups excluding tert-OH is 3. The lowest BCUT2D eigenvalue weighted by molar-refractivity contribution is -0.216. The molecule has 0 bridgehead atoms. The molecule has 0 aromatic rings. The van der Waals surface area contributed by atoms with Crippen molar-refractivity contribution in [2.75, 3.05) is 6.26 Å². The maximum atomic E-state index is 10.7. The average Bonchev–Trinajstić information content (AvgIpc) is 2.29. The van der Waals surface area contributed by atoms with Crippen molar-refractivity contribution in [1.82, 2.24) is 0 Å². The molecule has 0 aromatic heterocycles. The van der Waals surface area contributed by atoms with E-state index >= 15 is 0 Å². The fourth-order valence-electron chi connectivity index (χ4n) is 1.62. The molecule has 0 aromatic carbocycles. The fraction of sp³-hybridized carbons (Fsp3) is 0.889. The molecule has 1 fully saturated rings. The van der Waals surface area contributed by atoms with E-state index in [4.69, 9.17) is 22.1 Å². The molecule has 0 aliphatic carbocycles. The number of alkyl halides is 1. The zero-order valence-electron chi connectivity index (χ0n) is 9.25. The molecule has 100 valence electrons. The lowest BCUT2D eigenvalue weighted by Gasteiger charge is -2.45. The maximum absolute atomic E-state index is 10.7. The minimum Gasteiger partial charge on any atom is -0.387 e. The topological polar surface area (TPSA) is 113 Å². The van der Waals surface area contributed by atoms with Gasteiger partial charge in [0, 0.05) is 12.8 Å². The van der Waals surface area contributed by atoms with E-state index in [0.29, 0.717) is 0 Å². The zero-order chi connectivity index (χ0) is 13.2. The van der Waals surface area contributed by atoms with Crippen LogP contribution < -0.4 is 5.73 Å². The number of thioether (sulfide) groups is 1. The minimum absolute atomic E-state index is 0.0358. The first-order chi connectivity index (χ1) is 7.81. The summed E-state index contributed by atoms with van der Waals surface area (Å²) in [5.41, 5.74) is 4.23. The molecular weight excluding hydrogens is 270 g/mol. The maximum Gasteiger partial charge on any atom is 0.217 e. The Balaban J connectivity index is 2.79. The second kappa shape index (κ2) is 5.73. The Bertz CT molecular complexity index is 293. The Morgan fingerprint density at radius 3 is 2.53 bits per heavy atom. The Morgan fingerprint density at radius 2 is 2.06 bits per heavy atom. The van der Waals surface area contributed by atoms with Gasteiger partial charge in [0.1, 0.15) is 23.7 Å². The van der Waals surface area contributed by atoms with E-state index in [-0.39, 0.29) is 12.8 Å². The van der Waals surface area contributed by atoms with Crippen LogP contribution in [0.2, 0.25) is 0 Å². The van der Waals surface area contributed by atoms with Gasteiger partial charge in [-0.3, -0.25) is 4.79 Å². The van der Waals surface area contributed by atoms with Gasteiger partial charge in [0.05, 0.1) is 0 Å². The van der Waals surface area contributed by atoms with Crippen LogP contribution in [0.25, 0.3) is 0 Å². The molecular formula is C9H16ClNO5S. The molecule has 17 heavy (non-hydrogen) atoms. The molecule has 5 N–H and O–H groups in total. The average molecular weight is 286 g/mol. The molecule has 8 heteroatoms. The van der Waals surface area contributed by atoms with Gasteiger partial charge in [0.25, 0.3) is 0 Å². The Hall–Kier alpha value is -0.0500. The highest BCUT2D eigenvalue weighted by Crippen LogP contribution is 2.39. The second-order valence-electron chi connectivity index (χ2n) is 3.90. The van der Waals surface area contributed by atoms with Gasteiger partial charge >= 0.3 is 0 Å². The van der Waals surface area contributed by atoms with Crippen LogP contribution >= 0.6 is 23.4 Å². The highest BCUT2D eigenvalue weighted by Gasteiger charge is 2.52. The van der Waals surface area contributed by atoms with Crippen LogP contribution in [-0.4, -0.2) is 56.3 Å². The third-order valence-corrected chi connectivity index (χ3v) is 3.99.